The summed E-state index contributed by atoms with van der Waals surface area (Å²) in [6.45, 7) is 6.03. The lowest BCUT2D eigenvalue weighted by Crippen LogP contribution is -2.42. The molecule has 112 valence electrons. The Morgan fingerprint density at radius 2 is 1.95 bits per heavy atom. The molecule has 2 rings (SSSR count). The van der Waals surface area contributed by atoms with E-state index in [9.17, 15) is 0 Å². The maximum Gasteiger partial charge on any atom is 0.172 e. The average Bonchev–Trinajstić information content (AvgIpc) is 2.98. The molecule has 19 heavy (non-hydrogen) atoms. The average molecular weight is 416 g/mol. The largest absolute Gasteiger partial charge is 0.357 e. The third-order valence-electron chi connectivity index (χ3n) is 3.58. The fourth-order valence-corrected chi connectivity index (χ4v) is 4.90. The minimum atomic E-state index is 0. The summed E-state index contributed by atoms with van der Waals surface area (Å²) in [5.74, 6) is 0. The minimum absolute atomic E-state index is 0. The zero-order valence-corrected chi connectivity index (χ0v) is 16.2. The fourth-order valence-electron chi connectivity index (χ4n) is 2.26. The van der Waals surface area contributed by atoms with E-state index in [1.165, 1.54) is 32.5 Å². The van der Waals surface area contributed by atoms with Crippen LogP contribution < -0.4 is 0 Å². The molecule has 0 bridgehead atoms. The fraction of sp³-hybridized carbons (Fsp3) is 0.917. The van der Waals surface area contributed by atoms with Gasteiger partial charge in [0.2, 0.25) is 0 Å². The smallest absolute Gasteiger partial charge is 0.172 e. The first kappa shape index (κ1) is 17.9. The number of likely N-dealkylation sites (N-methyl/N-ethyl adjacent to an activating group) is 1. The van der Waals surface area contributed by atoms with Gasteiger partial charge in [0.15, 0.2) is 10.7 Å². The van der Waals surface area contributed by atoms with Crippen molar-refractivity contribution in [2.45, 2.75) is 31.3 Å². The van der Waals surface area contributed by atoms with Gasteiger partial charge in [0.1, 0.15) is 0 Å². The van der Waals surface area contributed by atoms with Crippen LogP contribution in [-0.2, 0) is 0 Å². The SMILES string of the molecule is CC(CN1CCCC1)N(C)C1N=C(N(C)C)SS1.I. The second-order valence-electron chi connectivity index (χ2n) is 5.33. The molecule has 0 aromatic carbocycles. The molecule has 0 amide bonds. The van der Waals surface area contributed by atoms with Crippen LogP contribution in [0, 0.1) is 0 Å². The summed E-state index contributed by atoms with van der Waals surface area (Å²) in [6.07, 6.45) is 2.74. The van der Waals surface area contributed by atoms with Gasteiger partial charge in [-0.15, -0.1) is 24.0 Å². The Balaban J connectivity index is 0.00000180. The molecule has 0 radical (unpaired) electrons. The first-order valence-corrected chi connectivity index (χ1v) is 8.82. The number of aliphatic imine (C=N–C) groups is 1. The summed E-state index contributed by atoms with van der Waals surface area (Å²) in [5.41, 5.74) is 0.269. The van der Waals surface area contributed by atoms with Crippen LogP contribution in [0.15, 0.2) is 4.99 Å². The third-order valence-corrected chi connectivity index (χ3v) is 6.16. The summed E-state index contributed by atoms with van der Waals surface area (Å²) in [5, 5.41) is 1.13. The van der Waals surface area contributed by atoms with E-state index in [0.29, 0.717) is 6.04 Å². The van der Waals surface area contributed by atoms with Gasteiger partial charge in [0, 0.05) is 26.7 Å². The first-order valence-electron chi connectivity index (χ1n) is 6.60. The van der Waals surface area contributed by atoms with Crippen molar-refractivity contribution >= 4 is 50.7 Å². The summed E-state index contributed by atoms with van der Waals surface area (Å²) in [7, 11) is 9.95. The number of nitrogens with zero attached hydrogens (tertiary/aromatic N) is 4. The molecule has 0 aromatic heterocycles. The number of hydrogen-bond acceptors (Lipinski definition) is 6. The molecule has 0 saturated carbocycles. The molecule has 7 heteroatoms. The molecule has 2 heterocycles. The van der Waals surface area contributed by atoms with Crippen LogP contribution in [0.2, 0.25) is 0 Å². The highest BCUT2D eigenvalue weighted by Crippen LogP contribution is 2.38. The van der Waals surface area contributed by atoms with Crippen LogP contribution in [0.3, 0.4) is 0 Å². The minimum Gasteiger partial charge on any atom is -0.357 e. The van der Waals surface area contributed by atoms with Crippen LogP contribution >= 0.6 is 45.6 Å². The van der Waals surface area contributed by atoms with E-state index in [2.05, 4.69) is 42.8 Å². The Bertz CT molecular complexity index is 308. The molecule has 0 N–H and O–H groups in total. The topological polar surface area (TPSA) is 22.1 Å². The normalized spacial score (nSPS) is 25.3. The molecule has 4 nitrogen and oxygen atoms in total. The molecule has 1 fully saturated rings. The molecular formula is C12H25IN4S2. The monoisotopic (exact) mass is 416 g/mol. The lowest BCUT2D eigenvalue weighted by atomic mass is 10.3. The number of hydrogen-bond donors (Lipinski definition) is 0. The van der Waals surface area contributed by atoms with Crippen LogP contribution in [0.5, 0.6) is 0 Å². The van der Waals surface area contributed by atoms with E-state index in [1.807, 2.05) is 10.8 Å². The van der Waals surface area contributed by atoms with Crippen molar-refractivity contribution in [2.75, 3.05) is 40.8 Å². The first-order chi connectivity index (χ1) is 8.58. The molecule has 0 aliphatic carbocycles. The highest BCUT2D eigenvalue weighted by Gasteiger charge is 2.28. The van der Waals surface area contributed by atoms with Crippen molar-refractivity contribution in [3.63, 3.8) is 0 Å². The van der Waals surface area contributed by atoms with Crippen LogP contribution in [0.25, 0.3) is 0 Å². The number of halogens is 1. The summed E-state index contributed by atoms with van der Waals surface area (Å²) in [4.78, 5) is 11.8. The van der Waals surface area contributed by atoms with Gasteiger partial charge < -0.3 is 9.80 Å². The summed E-state index contributed by atoms with van der Waals surface area (Å²) < 4.78 is 0. The molecule has 2 aliphatic rings. The van der Waals surface area contributed by atoms with Gasteiger partial charge >= 0.3 is 0 Å². The highest BCUT2D eigenvalue weighted by molar-refractivity contribution is 14.0. The van der Waals surface area contributed by atoms with Gasteiger partial charge in [0.25, 0.3) is 0 Å². The molecule has 1 saturated heterocycles. The zero-order valence-electron chi connectivity index (χ0n) is 12.2. The van der Waals surface area contributed by atoms with E-state index in [0.717, 1.165) is 5.17 Å². The number of rotatable bonds is 4. The van der Waals surface area contributed by atoms with Crippen LogP contribution in [-0.4, -0.2) is 72.2 Å². The predicted molar refractivity (Wildman–Crippen MR) is 98.4 cm³/mol. The van der Waals surface area contributed by atoms with Crippen LogP contribution in [0.4, 0.5) is 0 Å². The molecule has 0 spiro atoms. The summed E-state index contributed by atoms with van der Waals surface area (Å²) in [6, 6.07) is 0.562. The molecule has 2 aliphatic heterocycles. The quantitative estimate of drug-likeness (QED) is 0.518. The van der Waals surface area contributed by atoms with Crippen LogP contribution in [0.1, 0.15) is 19.8 Å². The zero-order chi connectivity index (χ0) is 13.1. The molecule has 0 aromatic rings. The van der Waals surface area contributed by atoms with E-state index in [-0.39, 0.29) is 29.5 Å². The lowest BCUT2D eigenvalue weighted by molar-refractivity contribution is 0.185. The van der Waals surface area contributed by atoms with Gasteiger partial charge in [-0.3, -0.25) is 4.90 Å². The predicted octanol–water partition coefficient (Wildman–Crippen LogP) is 2.62. The standard InChI is InChI=1S/C12H24N4S2.HI/c1-10(9-16-7-5-6-8-16)15(4)12-13-11(14(2)3)17-18-12;/h10,12H,5-9H2,1-4H3;1H. The molecule has 2 unspecified atom stereocenters. The highest BCUT2D eigenvalue weighted by atomic mass is 127. The van der Waals surface area contributed by atoms with Gasteiger partial charge in [-0.2, -0.15) is 0 Å². The van der Waals surface area contributed by atoms with Gasteiger partial charge in [-0.25, -0.2) is 4.99 Å². The van der Waals surface area contributed by atoms with E-state index in [4.69, 9.17) is 4.99 Å². The second-order valence-corrected chi connectivity index (χ2v) is 7.56. The Morgan fingerprint density at radius 1 is 1.32 bits per heavy atom. The lowest BCUT2D eigenvalue weighted by Gasteiger charge is -2.30. The maximum absolute atomic E-state index is 4.76. The van der Waals surface area contributed by atoms with Crippen molar-refractivity contribution in [1.29, 1.82) is 0 Å². The molecule has 2 atom stereocenters. The van der Waals surface area contributed by atoms with Gasteiger partial charge in [-0.1, -0.05) is 0 Å². The van der Waals surface area contributed by atoms with Crippen molar-refractivity contribution < 1.29 is 0 Å². The van der Waals surface area contributed by atoms with Crippen molar-refractivity contribution in [1.82, 2.24) is 14.7 Å². The van der Waals surface area contributed by atoms with Crippen molar-refractivity contribution in [3.05, 3.63) is 0 Å². The Kier molecular flexibility index (Phi) is 7.81. The molecular weight excluding hydrogens is 391 g/mol. The Labute approximate surface area is 142 Å². The number of amidine groups is 1. The summed E-state index contributed by atoms with van der Waals surface area (Å²) >= 11 is 0. The maximum atomic E-state index is 4.76. The van der Waals surface area contributed by atoms with E-state index < -0.39 is 0 Å². The van der Waals surface area contributed by atoms with Crippen molar-refractivity contribution in [3.8, 4) is 0 Å². The van der Waals surface area contributed by atoms with Crippen molar-refractivity contribution in [2.24, 2.45) is 4.99 Å². The second kappa shape index (κ2) is 8.31. The van der Waals surface area contributed by atoms with E-state index >= 15 is 0 Å². The Hall–Kier alpha value is 0.820. The Morgan fingerprint density at radius 3 is 2.47 bits per heavy atom. The third kappa shape index (κ3) is 4.94. The number of likely N-dealkylation sites (tertiary alicyclic amines) is 1. The van der Waals surface area contributed by atoms with Gasteiger partial charge in [0.05, 0.1) is 0 Å². The van der Waals surface area contributed by atoms with Gasteiger partial charge in [-0.05, 0) is 61.5 Å². The van der Waals surface area contributed by atoms with E-state index in [1.54, 1.807) is 10.8 Å².